The number of halogens is 1. The highest BCUT2D eigenvalue weighted by Crippen LogP contribution is 2.55. The van der Waals surface area contributed by atoms with Gasteiger partial charge in [0.05, 0.1) is 0 Å². The largest absolute Gasteiger partial charge is 0.0620 e. The van der Waals surface area contributed by atoms with Gasteiger partial charge < -0.3 is 0 Å². The molecule has 1 spiro atoms. The molecule has 2 aliphatic carbocycles. The van der Waals surface area contributed by atoms with Crippen molar-refractivity contribution in [1.82, 2.24) is 0 Å². The fraction of sp³-hybridized carbons (Fsp3) is 0.143. The maximum Gasteiger partial charge on any atom is 0.0296 e. The minimum absolute atomic E-state index is 0.150. The normalized spacial score (nSPS) is 16.4. The van der Waals surface area contributed by atoms with Crippen LogP contribution in [0.25, 0.3) is 11.1 Å². The molecule has 0 aliphatic heterocycles. The summed E-state index contributed by atoms with van der Waals surface area (Å²) in [7, 11) is 0. The Hall–Kier alpha value is -1.61. The fourth-order valence-electron chi connectivity index (χ4n) is 4.42. The lowest BCUT2D eigenvalue weighted by Gasteiger charge is -2.26. The maximum atomic E-state index is 2.44. The van der Waals surface area contributed by atoms with Crippen molar-refractivity contribution in [2.45, 2.75) is 18.3 Å². The summed E-state index contributed by atoms with van der Waals surface area (Å²) < 4.78 is 1.33. The predicted octanol–water partition coefficient (Wildman–Crippen LogP) is 5.36. The lowest BCUT2D eigenvalue weighted by atomic mass is 9.76. The Morgan fingerprint density at radius 2 is 1.32 bits per heavy atom. The van der Waals surface area contributed by atoms with Gasteiger partial charge in [-0.15, -0.1) is 0 Å². The van der Waals surface area contributed by atoms with Gasteiger partial charge in [-0.2, -0.15) is 0 Å². The van der Waals surface area contributed by atoms with E-state index in [-0.39, 0.29) is 5.41 Å². The molecular formula is C21H15I. The molecule has 0 radical (unpaired) electrons. The van der Waals surface area contributed by atoms with Crippen LogP contribution in [-0.4, -0.2) is 0 Å². The van der Waals surface area contributed by atoms with Crippen LogP contribution in [0.3, 0.4) is 0 Å². The smallest absolute Gasteiger partial charge is 0.0296 e. The summed E-state index contributed by atoms with van der Waals surface area (Å²) in [6.07, 6.45) is 2.26. The van der Waals surface area contributed by atoms with Crippen molar-refractivity contribution in [2.24, 2.45) is 0 Å². The lowest BCUT2D eigenvalue weighted by molar-refractivity contribution is 0.563. The molecule has 0 heterocycles. The number of hydrogen-bond donors (Lipinski definition) is 0. The number of benzene rings is 3. The zero-order chi connectivity index (χ0) is 14.7. The van der Waals surface area contributed by atoms with Crippen LogP contribution in [0.5, 0.6) is 0 Å². The SMILES string of the molecule is Ic1ccc2c(c1)C1(Cc3ccccc3C1)c1ccccc1-2. The third kappa shape index (κ3) is 1.58. The summed E-state index contributed by atoms with van der Waals surface area (Å²) in [5.74, 6) is 0. The summed E-state index contributed by atoms with van der Waals surface area (Å²) in [5.41, 5.74) is 9.09. The summed E-state index contributed by atoms with van der Waals surface area (Å²) in [4.78, 5) is 0. The first-order valence-electron chi connectivity index (χ1n) is 7.75. The number of rotatable bonds is 0. The van der Waals surface area contributed by atoms with Crippen molar-refractivity contribution in [3.05, 3.63) is 92.6 Å². The first-order valence-corrected chi connectivity index (χ1v) is 8.82. The van der Waals surface area contributed by atoms with E-state index in [9.17, 15) is 0 Å². The molecule has 3 aromatic rings. The molecule has 0 N–H and O–H groups in total. The molecule has 2 aliphatic rings. The Kier molecular flexibility index (Phi) is 2.61. The van der Waals surface area contributed by atoms with Crippen LogP contribution in [0.4, 0.5) is 0 Å². The van der Waals surface area contributed by atoms with E-state index < -0.39 is 0 Å². The molecule has 0 atom stereocenters. The van der Waals surface area contributed by atoms with E-state index in [1.165, 1.54) is 37.0 Å². The minimum atomic E-state index is 0.150. The van der Waals surface area contributed by atoms with Crippen molar-refractivity contribution in [3.63, 3.8) is 0 Å². The van der Waals surface area contributed by atoms with Crippen LogP contribution in [0.15, 0.2) is 66.7 Å². The monoisotopic (exact) mass is 394 g/mol. The Labute approximate surface area is 144 Å². The standard InChI is InChI=1S/C21H15I/c22-16-9-10-18-17-7-3-4-8-19(17)21(20(18)11-16)12-14-5-1-2-6-15(14)13-21/h1-11H,12-13H2. The highest BCUT2D eigenvalue weighted by Gasteiger charge is 2.46. The van der Waals surface area contributed by atoms with E-state index >= 15 is 0 Å². The van der Waals surface area contributed by atoms with Crippen molar-refractivity contribution < 1.29 is 0 Å². The van der Waals surface area contributed by atoms with E-state index in [0.29, 0.717) is 0 Å². The van der Waals surface area contributed by atoms with Crippen LogP contribution < -0.4 is 0 Å². The van der Waals surface area contributed by atoms with Crippen molar-refractivity contribution in [2.75, 3.05) is 0 Å². The number of fused-ring (bicyclic) bond motifs is 6. The highest BCUT2D eigenvalue weighted by atomic mass is 127. The van der Waals surface area contributed by atoms with Gasteiger partial charge in [-0.05, 0) is 80.9 Å². The average Bonchev–Trinajstić information content (AvgIpc) is 3.06. The first-order chi connectivity index (χ1) is 10.8. The highest BCUT2D eigenvalue weighted by molar-refractivity contribution is 14.1. The summed E-state index contributed by atoms with van der Waals surface area (Å²) in [5, 5.41) is 0. The topological polar surface area (TPSA) is 0 Å². The van der Waals surface area contributed by atoms with Gasteiger partial charge in [0.15, 0.2) is 0 Å². The summed E-state index contributed by atoms with van der Waals surface area (Å²) in [6, 6.07) is 24.9. The minimum Gasteiger partial charge on any atom is -0.0620 e. The van der Waals surface area contributed by atoms with Crippen LogP contribution in [-0.2, 0) is 18.3 Å². The van der Waals surface area contributed by atoms with Crippen LogP contribution in [0, 0.1) is 3.57 Å². The fourth-order valence-corrected chi connectivity index (χ4v) is 4.91. The number of hydrogen-bond acceptors (Lipinski definition) is 0. The third-order valence-electron chi connectivity index (χ3n) is 5.33. The van der Waals surface area contributed by atoms with Crippen LogP contribution in [0.1, 0.15) is 22.3 Å². The zero-order valence-electron chi connectivity index (χ0n) is 12.1. The second-order valence-electron chi connectivity index (χ2n) is 6.44. The molecule has 3 aromatic carbocycles. The zero-order valence-corrected chi connectivity index (χ0v) is 14.3. The molecule has 0 saturated carbocycles. The lowest BCUT2D eigenvalue weighted by Crippen LogP contribution is -2.25. The summed E-state index contributed by atoms with van der Waals surface area (Å²) in [6.45, 7) is 0. The average molecular weight is 394 g/mol. The molecule has 22 heavy (non-hydrogen) atoms. The second kappa shape index (κ2) is 4.45. The molecule has 1 heteroatoms. The van der Waals surface area contributed by atoms with Crippen molar-refractivity contribution >= 4 is 22.6 Å². The van der Waals surface area contributed by atoms with E-state index in [0.717, 1.165) is 12.8 Å². The first kappa shape index (κ1) is 12.9. The molecular weight excluding hydrogens is 379 g/mol. The van der Waals surface area contributed by atoms with Gasteiger partial charge in [-0.3, -0.25) is 0 Å². The molecule has 0 unspecified atom stereocenters. The Morgan fingerprint density at radius 3 is 2.09 bits per heavy atom. The third-order valence-corrected chi connectivity index (χ3v) is 6.00. The van der Waals surface area contributed by atoms with E-state index in [1.807, 2.05) is 0 Å². The van der Waals surface area contributed by atoms with Crippen LogP contribution in [0.2, 0.25) is 0 Å². The van der Waals surface area contributed by atoms with Gasteiger partial charge in [0.25, 0.3) is 0 Å². The molecule has 0 nitrogen and oxygen atoms in total. The van der Waals surface area contributed by atoms with Crippen LogP contribution >= 0.6 is 22.6 Å². The Balaban J connectivity index is 1.83. The van der Waals surface area contributed by atoms with Crippen molar-refractivity contribution in [3.8, 4) is 11.1 Å². The Bertz CT molecular complexity index is 882. The molecule has 0 bridgehead atoms. The molecule has 0 amide bonds. The molecule has 106 valence electrons. The second-order valence-corrected chi connectivity index (χ2v) is 7.69. The molecule has 5 rings (SSSR count). The Morgan fingerprint density at radius 1 is 0.682 bits per heavy atom. The maximum absolute atomic E-state index is 2.44. The quantitative estimate of drug-likeness (QED) is 0.451. The van der Waals surface area contributed by atoms with Crippen molar-refractivity contribution in [1.29, 1.82) is 0 Å². The predicted molar refractivity (Wildman–Crippen MR) is 99.2 cm³/mol. The summed E-state index contributed by atoms with van der Waals surface area (Å²) >= 11 is 2.44. The van der Waals surface area contributed by atoms with Gasteiger partial charge in [-0.1, -0.05) is 54.6 Å². The van der Waals surface area contributed by atoms with Gasteiger partial charge in [0, 0.05) is 8.99 Å². The van der Waals surface area contributed by atoms with E-state index in [4.69, 9.17) is 0 Å². The van der Waals surface area contributed by atoms with Gasteiger partial charge in [0.1, 0.15) is 0 Å². The molecule has 0 saturated heterocycles. The molecule has 0 aromatic heterocycles. The molecule has 0 fully saturated rings. The van der Waals surface area contributed by atoms with Gasteiger partial charge >= 0.3 is 0 Å². The van der Waals surface area contributed by atoms with E-state index in [2.05, 4.69) is 89.3 Å². The van der Waals surface area contributed by atoms with Gasteiger partial charge in [-0.25, -0.2) is 0 Å². The van der Waals surface area contributed by atoms with Gasteiger partial charge in [0.2, 0.25) is 0 Å². The van der Waals surface area contributed by atoms with E-state index in [1.54, 1.807) is 0 Å².